The topological polar surface area (TPSA) is 72.6 Å². The van der Waals surface area contributed by atoms with Crippen LogP contribution in [-0.2, 0) is 13.0 Å². The predicted octanol–water partition coefficient (Wildman–Crippen LogP) is 2.77. The Labute approximate surface area is 114 Å². The molecule has 0 amide bonds. The Morgan fingerprint density at radius 2 is 2.21 bits per heavy atom. The quantitative estimate of drug-likeness (QED) is 0.652. The summed E-state index contributed by atoms with van der Waals surface area (Å²) < 4.78 is 5.47. The van der Waals surface area contributed by atoms with Crippen LogP contribution in [0.15, 0.2) is 35.7 Å². The first-order chi connectivity index (χ1) is 9.20. The lowest BCUT2D eigenvalue weighted by atomic mass is 10.2. The monoisotopic (exact) mass is 279 g/mol. The van der Waals surface area contributed by atoms with Gasteiger partial charge in [-0.2, -0.15) is 0 Å². The van der Waals surface area contributed by atoms with Gasteiger partial charge in [0.25, 0.3) is 0 Å². The molecule has 100 valence electrons. The molecule has 0 unspecified atom stereocenters. The van der Waals surface area contributed by atoms with Crippen molar-refractivity contribution in [3.63, 3.8) is 0 Å². The van der Waals surface area contributed by atoms with Gasteiger partial charge >= 0.3 is 5.69 Å². The highest BCUT2D eigenvalue weighted by Gasteiger charge is 2.15. The van der Waals surface area contributed by atoms with Crippen LogP contribution in [0.2, 0.25) is 0 Å². The maximum Gasteiger partial charge on any atom is 0.310 e. The number of aliphatic hydroxyl groups is 1. The van der Waals surface area contributed by atoms with Crippen molar-refractivity contribution in [3.05, 3.63) is 56.3 Å². The normalized spacial score (nSPS) is 10.4. The Balaban J connectivity index is 2.06. The van der Waals surface area contributed by atoms with Gasteiger partial charge in [0.2, 0.25) is 0 Å². The van der Waals surface area contributed by atoms with E-state index in [1.165, 1.54) is 23.1 Å². The van der Waals surface area contributed by atoms with Gasteiger partial charge in [-0.25, -0.2) is 0 Å². The second-order valence-electron chi connectivity index (χ2n) is 3.90. The first-order valence-electron chi connectivity index (χ1n) is 5.74. The zero-order valence-electron chi connectivity index (χ0n) is 10.1. The number of aliphatic hydroxyl groups excluding tert-OH is 1. The molecule has 0 aliphatic carbocycles. The molecule has 1 heterocycles. The van der Waals surface area contributed by atoms with Crippen LogP contribution >= 0.6 is 11.3 Å². The third kappa shape index (κ3) is 3.52. The molecule has 1 aromatic heterocycles. The molecule has 0 radical (unpaired) electrons. The van der Waals surface area contributed by atoms with E-state index < -0.39 is 4.92 Å². The summed E-state index contributed by atoms with van der Waals surface area (Å²) in [5.74, 6) is 0.202. The summed E-state index contributed by atoms with van der Waals surface area (Å²) in [5.41, 5.74) is 0.514. The number of rotatable bonds is 6. The summed E-state index contributed by atoms with van der Waals surface area (Å²) >= 11 is 1.62. The lowest BCUT2D eigenvalue weighted by Gasteiger charge is -2.07. The van der Waals surface area contributed by atoms with Crippen molar-refractivity contribution in [3.8, 4) is 5.75 Å². The number of hydrogen-bond acceptors (Lipinski definition) is 5. The number of thiophene rings is 1. The minimum atomic E-state index is -0.484. The van der Waals surface area contributed by atoms with Gasteiger partial charge < -0.3 is 9.84 Å². The fraction of sp³-hybridized carbons (Fsp3) is 0.231. The summed E-state index contributed by atoms with van der Waals surface area (Å²) in [6.07, 6.45) is 0.707. The molecule has 0 saturated carbocycles. The molecule has 0 aliphatic heterocycles. The van der Waals surface area contributed by atoms with Crippen LogP contribution in [0.3, 0.4) is 0 Å². The number of hydrogen-bond donors (Lipinski definition) is 1. The van der Waals surface area contributed by atoms with Gasteiger partial charge in [-0.1, -0.05) is 6.07 Å². The molecule has 2 aromatic rings. The van der Waals surface area contributed by atoms with E-state index in [-0.39, 0.29) is 18.0 Å². The Morgan fingerprint density at radius 1 is 1.37 bits per heavy atom. The largest absolute Gasteiger partial charge is 0.486 e. The second kappa shape index (κ2) is 6.31. The van der Waals surface area contributed by atoms with Crippen molar-refractivity contribution in [2.45, 2.75) is 13.0 Å². The van der Waals surface area contributed by atoms with Gasteiger partial charge in [0, 0.05) is 17.4 Å². The summed E-state index contributed by atoms with van der Waals surface area (Å²) in [6.45, 7) is 0.204. The van der Waals surface area contributed by atoms with Crippen molar-refractivity contribution in [1.82, 2.24) is 0 Å². The Morgan fingerprint density at radius 3 is 2.84 bits per heavy atom. The molecule has 1 aromatic carbocycles. The van der Waals surface area contributed by atoms with E-state index in [2.05, 4.69) is 0 Å². The van der Waals surface area contributed by atoms with E-state index in [1.807, 2.05) is 17.5 Å². The fourth-order valence-electron chi connectivity index (χ4n) is 1.64. The van der Waals surface area contributed by atoms with Crippen LogP contribution in [-0.4, -0.2) is 16.6 Å². The van der Waals surface area contributed by atoms with Crippen LogP contribution < -0.4 is 4.74 Å². The van der Waals surface area contributed by atoms with Crippen molar-refractivity contribution in [2.24, 2.45) is 0 Å². The fourth-order valence-corrected chi connectivity index (χ4v) is 2.33. The first-order valence-corrected chi connectivity index (χ1v) is 6.62. The van der Waals surface area contributed by atoms with Crippen LogP contribution in [0, 0.1) is 10.1 Å². The number of nitrogens with zero attached hydrogens (tertiary/aromatic N) is 1. The van der Waals surface area contributed by atoms with E-state index in [1.54, 1.807) is 11.3 Å². The standard InChI is InChI=1S/C13H13NO4S/c15-9-10-3-4-12(14(16)17)13(8-10)18-6-5-11-2-1-7-19-11/h1-4,7-8,15H,5-6,9H2. The van der Waals surface area contributed by atoms with Gasteiger partial charge in [0.1, 0.15) is 0 Å². The molecule has 6 heteroatoms. The van der Waals surface area contributed by atoms with Crippen LogP contribution in [0.1, 0.15) is 10.4 Å². The molecular weight excluding hydrogens is 266 g/mol. The molecule has 0 fully saturated rings. The Bertz CT molecular complexity index is 554. The zero-order chi connectivity index (χ0) is 13.7. The minimum absolute atomic E-state index is 0.0802. The Kier molecular flexibility index (Phi) is 4.48. The third-order valence-electron chi connectivity index (χ3n) is 2.59. The van der Waals surface area contributed by atoms with Gasteiger partial charge in [-0.3, -0.25) is 10.1 Å². The molecule has 2 rings (SSSR count). The smallest absolute Gasteiger partial charge is 0.310 e. The highest BCUT2D eigenvalue weighted by Crippen LogP contribution is 2.28. The van der Waals surface area contributed by atoms with E-state index in [0.29, 0.717) is 18.6 Å². The second-order valence-corrected chi connectivity index (χ2v) is 4.93. The molecule has 0 aliphatic rings. The van der Waals surface area contributed by atoms with Gasteiger partial charge in [0.05, 0.1) is 18.1 Å². The number of ether oxygens (including phenoxy) is 1. The van der Waals surface area contributed by atoms with Gasteiger partial charge in [0.15, 0.2) is 5.75 Å². The molecule has 0 spiro atoms. The predicted molar refractivity (Wildman–Crippen MR) is 72.5 cm³/mol. The van der Waals surface area contributed by atoms with E-state index in [9.17, 15) is 10.1 Å². The molecule has 0 saturated heterocycles. The SMILES string of the molecule is O=[N+]([O-])c1ccc(CO)cc1OCCc1cccs1. The lowest BCUT2D eigenvalue weighted by Crippen LogP contribution is -2.03. The number of nitro benzene ring substituents is 1. The highest BCUT2D eigenvalue weighted by molar-refractivity contribution is 7.09. The molecule has 0 bridgehead atoms. The molecule has 0 atom stereocenters. The molecule has 5 nitrogen and oxygen atoms in total. The van der Waals surface area contributed by atoms with Crippen LogP contribution in [0.4, 0.5) is 5.69 Å². The van der Waals surface area contributed by atoms with Crippen LogP contribution in [0.5, 0.6) is 5.75 Å². The highest BCUT2D eigenvalue weighted by atomic mass is 32.1. The van der Waals surface area contributed by atoms with Gasteiger partial charge in [-0.15, -0.1) is 11.3 Å². The Hall–Kier alpha value is -1.92. The van der Waals surface area contributed by atoms with E-state index in [4.69, 9.17) is 9.84 Å². The average molecular weight is 279 g/mol. The van der Waals surface area contributed by atoms with Crippen molar-refractivity contribution in [2.75, 3.05) is 6.61 Å². The number of benzene rings is 1. The molecule has 1 N–H and O–H groups in total. The maximum atomic E-state index is 10.9. The van der Waals surface area contributed by atoms with Crippen molar-refractivity contribution in [1.29, 1.82) is 0 Å². The maximum absolute atomic E-state index is 10.9. The zero-order valence-corrected chi connectivity index (χ0v) is 10.9. The van der Waals surface area contributed by atoms with Crippen molar-refractivity contribution >= 4 is 17.0 Å². The van der Waals surface area contributed by atoms with E-state index >= 15 is 0 Å². The molecular formula is C13H13NO4S. The third-order valence-corrected chi connectivity index (χ3v) is 3.53. The van der Waals surface area contributed by atoms with Crippen molar-refractivity contribution < 1.29 is 14.8 Å². The summed E-state index contributed by atoms with van der Waals surface area (Å²) in [5, 5.41) is 21.9. The molecule has 19 heavy (non-hydrogen) atoms. The average Bonchev–Trinajstić information content (AvgIpc) is 2.91. The minimum Gasteiger partial charge on any atom is -0.486 e. The van der Waals surface area contributed by atoms with Crippen LogP contribution in [0.25, 0.3) is 0 Å². The van der Waals surface area contributed by atoms with Gasteiger partial charge in [-0.05, 0) is 29.1 Å². The number of nitro groups is 1. The summed E-state index contributed by atoms with van der Waals surface area (Å²) in [7, 11) is 0. The summed E-state index contributed by atoms with van der Waals surface area (Å²) in [6, 6.07) is 8.32. The summed E-state index contributed by atoms with van der Waals surface area (Å²) in [4.78, 5) is 11.6. The lowest BCUT2D eigenvalue weighted by molar-refractivity contribution is -0.385. The first kappa shape index (κ1) is 13.5. The van der Waals surface area contributed by atoms with E-state index in [0.717, 1.165) is 0 Å².